The van der Waals surface area contributed by atoms with E-state index in [-0.39, 0.29) is 5.41 Å². The summed E-state index contributed by atoms with van der Waals surface area (Å²) in [6.07, 6.45) is 10.3. The third-order valence-electron chi connectivity index (χ3n) is 6.15. The van der Waals surface area contributed by atoms with Gasteiger partial charge in [-0.15, -0.1) is 0 Å². The lowest BCUT2D eigenvalue weighted by Crippen LogP contribution is -2.23. The summed E-state index contributed by atoms with van der Waals surface area (Å²) in [4.78, 5) is 22.9. The van der Waals surface area contributed by atoms with Gasteiger partial charge in [-0.2, -0.15) is 0 Å². The molecule has 1 aromatic carbocycles. The number of ketones is 1. The Morgan fingerprint density at radius 2 is 1.54 bits per heavy atom. The van der Waals surface area contributed by atoms with Crippen LogP contribution in [0, 0.1) is 10.8 Å². The summed E-state index contributed by atoms with van der Waals surface area (Å²) in [6, 6.07) is 8.61. The lowest BCUT2D eigenvalue weighted by molar-refractivity contribution is -0.147. The van der Waals surface area contributed by atoms with Crippen molar-refractivity contribution < 1.29 is 14.7 Å². The Morgan fingerprint density at radius 1 is 1.00 bits per heavy atom. The van der Waals surface area contributed by atoms with E-state index < -0.39 is 11.4 Å². The minimum Gasteiger partial charge on any atom is -0.481 e. The fraction of sp³-hybridized carbons (Fsp3) is 0.652. The normalized spacial score (nSPS) is 15.7. The van der Waals surface area contributed by atoms with Crippen LogP contribution in [0.25, 0.3) is 0 Å². The molecule has 0 amide bonds. The van der Waals surface area contributed by atoms with Crippen molar-refractivity contribution in [1.82, 2.24) is 0 Å². The molecular formula is C23H34O3. The number of unbranched alkanes of at least 4 members (excludes halogenated alkanes) is 2. The van der Waals surface area contributed by atoms with E-state index >= 15 is 0 Å². The quantitative estimate of drug-likeness (QED) is 0.495. The Kier molecular flexibility index (Phi) is 7.02. The number of aliphatic carboxylic acids is 1. The van der Waals surface area contributed by atoms with Crippen molar-refractivity contribution >= 4 is 11.8 Å². The standard InChI is InChI=1S/C23H34O3/c1-18(24)23(16-17-23)15-9-7-13-20-11-5-4-10-19(20)12-6-8-14-22(2,3)21(25)26/h4-5,10-11H,6-9,12-17H2,1-3H3,(H,25,26). The highest BCUT2D eigenvalue weighted by Crippen LogP contribution is 2.50. The molecule has 0 unspecified atom stereocenters. The van der Waals surface area contributed by atoms with Gasteiger partial charge in [-0.1, -0.05) is 37.1 Å². The van der Waals surface area contributed by atoms with Gasteiger partial charge < -0.3 is 5.11 Å². The maximum absolute atomic E-state index is 11.7. The second kappa shape index (κ2) is 8.83. The van der Waals surface area contributed by atoms with Gasteiger partial charge in [0.15, 0.2) is 0 Å². The van der Waals surface area contributed by atoms with Crippen molar-refractivity contribution in [1.29, 1.82) is 0 Å². The van der Waals surface area contributed by atoms with Crippen LogP contribution >= 0.6 is 0 Å². The smallest absolute Gasteiger partial charge is 0.309 e. The third kappa shape index (κ3) is 5.69. The SMILES string of the molecule is CC(=O)C1(CCCCc2ccccc2CCCCC(C)(C)C(=O)O)CC1. The van der Waals surface area contributed by atoms with Gasteiger partial charge in [0, 0.05) is 5.41 Å². The number of hydrogen-bond donors (Lipinski definition) is 1. The number of carbonyl (C=O) groups excluding carboxylic acids is 1. The molecule has 1 fully saturated rings. The van der Waals surface area contributed by atoms with Gasteiger partial charge >= 0.3 is 5.97 Å². The van der Waals surface area contributed by atoms with Gasteiger partial charge in [0.1, 0.15) is 5.78 Å². The molecule has 0 aliphatic heterocycles. The van der Waals surface area contributed by atoms with Crippen molar-refractivity contribution in [2.45, 2.75) is 85.0 Å². The molecule has 1 N–H and O–H groups in total. The number of benzene rings is 1. The van der Waals surface area contributed by atoms with Crippen LogP contribution in [0.15, 0.2) is 24.3 Å². The minimum atomic E-state index is -0.711. The molecule has 2 rings (SSSR count). The highest BCUT2D eigenvalue weighted by Gasteiger charge is 2.46. The number of aryl methyl sites for hydroxylation is 2. The van der Waals surface area contributed by atoms with Gasteiger partial charge in [-0.25, -0.2) is 0 Å². The molecule has 1 aliphatic rings. The predicted molar refractivity (Wildman–Crippen MR) is 105 cm³/mol. The van der Waals surface area contributed by atoms with Gasteiger partial charge in [-0.05, 0) is 83.3 Å². The Balaban J connectivity index is 1.75. The van der Waals surface area contributed by atoms with Crippen molar-refractivity contribution in [3.05, 3.63) is 35.4 Å². The van der Waals surface area contributed by atoms with E-state index in [9.17, 15) is 14.7 Å². The van der Waals surface area contributed by atoms with Crippen molar-refractivity contribution in [3.63, 3.8) is 0 Å². The average Bonchev–Trinajstić information content (AvgIpc) is 3.38. The number of carboxylic acids is 1. The summed E-state index contributed by atoms with van der Waals surface area (Å²) in [5, 5.41) is 9.20. The Morgan fingerprint density at radius 3 is 2.00 bits per heavy atom. The van der Waals surface area contributed by atoms with E-state index in [0.29, 0.717) is 5.78 Å². The highest BCUT2D eigenvalue weighted by molar-refractivity contribution is 5.84. The second-order valence-corrected chi connectivity index (χ2v) is 8.71. The van der Waals surface area contributed by atoms with E-state index in [1.54, 1.807) is 20.8 Å². The topological polar surface area (TPSA) is 54.4 Å². The number of Topliss-reactive ketones (excluding diaryl/α,β-unsaturated/α-hetero) is 1. The molecule has 0 radical (unpaired) electrons. The molecule has 0 atom stereocenters. The molecule has 1 aliphatic carbocycles. The largest absolute Gasteiger partial charge is 0.481 e. The summed E-state index contributed by atoms with van der Waals surface area (Å²) in [7, 11) is 0. The van der Waals surface area contributed by atoms with Gasteiger partial charge in [-0.3, -0.25) is 9.59 Å². The fourth-order valence-corrected chi connectivity index (χ4v) is 3.74. The van der Waals surface area contributed by atoms with Gasteiger partial charge in [0.05, 0.1) is 5.41 Å². The molecule has 0 heterocycles. The highest BCUT2D eigenvalue weighted by atomic mass is 16.4. The maximum Gasteiger partial charge on any atom is 0.309 e. The van der Waals surface area contributed by atoms with Crippen LogP contribution in [-0.4, -0.2) is 16.9 Å². The minimum absolute atomic E-state index is 0.0382. The third-order valence-corrected chi connectivity index (χ3v) is 6.15. The zero-order valence-corrected chi connectivity index (χ0v) is 16.6. The molecule has 1 saturated carbocycles. The molecule has 0 aromatic heterocycles. The van der Waals surface area contributed by atoms with Crippen molar-refractivity contribution in [3.8, 4) is 0 Å². The van der Waals surface area contributed by atoms with E-state index in [4.69, 9.17) is 0 Å². The zero-order valence-electron chi connectivity index (χ0n) is 16.6. The number of carbonyl (C=O) groups is 2. The Labute approximate surface area is 158 Å². The zero-order chi connectivity index (χ0) is 19.2. The molecule has 0 spiro atoms. The molecule has 0 bridgehead atoms. The van der Waals surface area contributed by atoms with Crippen LogP contribution in [0.3, 0.4) is 0 Å². The molecular weight excluding hydrogens is 324 g/mol. The average molecular weight is 359 g/mol. The van der Waals surface area contributed by atoms with E-state index in [1.807, 2.05) is 0 Å². The number of hydrogen-bond acceptors (Lipinski definition) is 2. The van der Waals surface area contributed by atoms with Crippen LogP contribution in [0.1, 0.15) is 83.3 Å². The monoisotopic (exact) mass is 358 g/mol. The lowest BCUT2D eigenvalue weighted by Gasteiger charge is -2.18. The Hall–Kier alpha value is -1.64. The van der Waals surface area contributed by atoms with E-state index in [1.165, 1.54) is 11.1 Å². The van der Waals surface area contributed by atoms with Crippen LogP contribution < -0.4 is 0 Å². The summed E-state index contributed by atoms with van der Waals surface area (Å²) >= 11 is 0. The summed E-state index contributed by atoms with van der Waals surface area (Å²) in [5.74, 6) is -0.334. The van der Waals surface area contributed by atoms with Gasteiger partial charge in [0.25, 0.3) is 0 Å². The molecule has 144 valence electrons. The molecule has 0 saturated heterocycles. The maximum atomic E-state index is 11.7. The first kappa shape index (κ1) is 20.7. The van der Waals surface area contributed by atoms with Crippen LogP contribution in [0.4, 0.5) is 0 Å². The summed E-state index contributed by atoms with van der Waals surface area (Å²) < 4.78 is 0. The van der Waals surface area contributed by atoms with Crippen LogP contribution in [0.5, 0.6) is 0 Å². The molecule has 1 aromatic rings. The second-order valence-electron chi connectivity index (χ2n) is 8.71. The fourth-order valence-electron chi connectivity index (χ4n) is 3.74. The van der Waals surface area contributed by atoms with Gasteiger partial charge in [0.2, 0.25) is 0 Å². The molecule has 3 heteroatoms. The van der Waals surface area contributed by atoms with E-state index in [2.05, 4.69) is 24.3 Å². The number of rotatable bonds is 12. The summed E-state index contributed by atoms with van der Waals surface area (Å²) in [5.41, 5.74) is 2.22. The lowest BCUT2D eigenvalue weighted by atomic mass is 9.86. The Bertz CT molecular complexity index is 583. The first-order valence-corrected chi connectivity index (χ1v) is 10.1. The molecule has 26 heavy (non-hydrogen) atoms. The number of carboxylic acid groups (broad SMARTS) is 1. The molecule has 3 nitrogen and oxygen atoms in total. The van der Waals surface area contributed by atoms with E-state index in [0.717, 1.165) is 64.2 Å². The predicted octanol–water partition coefficient (Wildman–Crippen LogP) is 5.59. The summed E-state index contributed by atoms with van der Waals surface area (Å²) in [6.45, 7) is 5.35. The first-order valence-electron chi connectivity index (χ1n) is 10.1. The van der Waals surface area contributed by atoms with Crippen molar-refractivity contribution in [2.75, 3.05) is 0 Å². The van der Waals surface area contributed by atoms with Crippen molar-refractivity contribution in [2.24, 2.45) is 10.8 Å². The van der Waals surface area contributed by atoms with Crippen LogP contribution in [0.2, 0.25) is 0 Å². The first-order chi connectivity index (χ1) is 12.3. The van der Waals surface area contributed by atoms with Crippen LogP contribution in [-0.2, 0) is 22.4 Å².